The summed E-state index contributed by atoms with van der Waals surface area (Å²) in [4.78, 5) is 0. The van der Waals surface area contributed by atoms with E-state index in [1.54, 1.807) is 0 Å². The summed E-state index contributed by atoms with van der Waals surface area (Å²) >= 11 is 0. The minimum absolute atomic E-state index is 0.773. The van der Waals surface area contributed by atoms with Gasteiger partial charge in [0.1, 0.15) is 5.75 Å². The molecule has 2 aromatic carbocycles. The monoisotopic (exact) mass is 269 g/mol. The number of hydrogen-bond acceptors (Lipinski definition) is 2. The highest BCUT2D eigenvalue weighted by Gasteiger charge is 2.00. The zero-order valence-corrected chi connectivity index (χ0v) is 12.6. The lowest BCUT2D eigenvalue weighted by Crippen LogP contribution is -2.02. The standard InChI is InChI=1S/C18H23NO/c1-4-11-20-18-9-7-17(8-10-18)19-13-16-12-14(2)5-6-15(16)3/h5-10,12,19H,4,11,13H2,1-3H3. The van der Waals surface area contributed by atoms with Crippen LogP contribution in [0.4, 0.5) is 5.69 Å². The summed E-state index contributed by atoms with van der Waals surface area (Å²) in [6.45, 7) is 8.01. The molecule has 0 atom stereocenters. The summed E-state index contributed by atoms with van der Waals surface area (Å²) in [5.41, 5.74) is 5.09. The molecule has 0 fully saturated rings. The van der Waals surface area contributed by atoms with Crippen molar-refractivity contribution in [2.75, 3.05) is 11.9 Å². The van der Waals surface area contributed by atoms with Crippen LogP contribution in [-0.2, 0) is 6.54 Å². The summed E-state index contributed by atoms with van der Waals surface area (Å²) in [5.74, 6) is 0.934. The number of ether oxygens (including phenoxy) is 1. The summed E-state index contributed by atoms with van der Waals surface area (Å²) in [6, 6.07) is 14.7. The molecule has 0 heterocycles. The van der Waals surface area contributed by atoms with E-state index in [1.165, 1.54) is 16.7 Å². The van der Waals surface area contributed by atoms with E-state index in [2.05, 4.69) is 56.4 Å². The van der Waals surface area contributed by atoms with Crippen LogP contribution in [0.15, 0.2) is 42.5 Å². The normalized spacial score (nSPS) is 10.3. The summed E-state index contributed by atoms with van der Waals surface area (Å²) in [5, 5.41) is 3.46. The first-order chi connectivity index (χ1) is 9.69. The van der Waals surface area contributed by atoms with E-state index >= 15 is 0 Å². The van der Waals surface area contributed by atoms with Crippen molar-refractivity contribution in [3.8, 4) is 5.75 Å². The second-order valence-corrected chi connectivity index (χ2v) is 5.16. The third-order valence-electron chi connectivity index (χ3n) is 3.31. The van der Waals surface area contributed by atoms with Crippen LogP contribution in [0.1, 0.15) is 30.0 Å². The molecule has 0 aliphatic heterocycles. The van der Waals surface area contributed by atoms with Gasteiger partial charge in [-0.15, -0.1) is 0 Å². The molecular weight excluding hydrogens is 246 g/mol. The van der Waals surface area contributed by atoms with Crippen molar-refractivity contribution in [3.05, 3.63) is 59.2 Å². The van der Waals surface area contributed by atoms with Gasteiger partial charge in [0, 0.05) is 12.2 Å². The smallest absolute Gasteiger partial charge is 0.119 e. The molecule has 0 aliphatic carbocycles. The maximum absolute atomic E-state index is 5.58. The van der Waals surface area contributed by atoms with Crippen molar-refractivity contribution < 1.29 is 4.74 Å². The largest absolute Gasteiger partial charge is 0.494 e. The molecule has 20 heavy (non-hydrogen) atoms. The van der Waals surface area contributed by atoms with Gasteiger partial charge in [0.25, 0.3) is 0 Å². The Kier molecular flexibility index (Phi) is 5.05. The predicted molar refractivity (Wildman–Crippen MR) is 85.5 cm³/mol. The van der Waals surface area contributed by atoms with Crippen LogP contribution >= 0.6 is 0 Å². The second kappa shape index (κ2) is 6.99. The third kappa shape index (κ3) is 4.02. The lowest BCUT2D eigenvalue weighted by molar-refractivity contribution is 0.317. The minimum Gasteiger partial charge on any atom is -0.494 e. The molecule has 2 nitrogen and oxygen atoms in total. The van der Waals surface area contributed by atoms with Crippen molar-refractivity contribution in [1.82, 2.24) is 0 Å². The topological polar surface area (TPSA) is 21.3 Å². The van der Waals surface area contributed by atoms with Crippen LogP contribution in [0, 0.1) is 13.8 Å². The molecule has 0 bridgehead atoms. The molecule has 2 aromatic rings. The lowest BCUT2D eigenvalue weighted by Gasteiger charge is -2.11. The Morgan fingerprint density at radius 3 is 2.45 bits per heavy atom. The van der Waals surface area contributed by atoms with Crippen molar-refractivity contribution in [2.24, 2.45) is 0 Å². The van der Waals surface area contributed by atoms with Gasteiger partial charge in [-0.3, -0.25) is 0 Å². The van der Waals surface area contributed by atoms with E-state index in [-0.39, 0.29) is 0 Å². The first kappa shape index (κ1) is 14.4. The Hall–Kier alpha value is -1.96. The zero-order chi connectivity index (χ0) is 14.4. The zero-order valence-electron chi connectivity index (χ0n) is 12.6. The Morgan fingerprint density at radius 1 is 1.00 bits per heavy atom. The van der Waals surface area contributed by atoms with Crippen molar-refractivity contribution in [2.45, 2.75) is 33.7 Å². The molecule has 0 spiro atoms. The highest BCUT2D eigenvalue weighted by Crippen LogP contribution is 2.18. The van der Waals surface area contributed by atoms with Gasteiger partial charge in [-0.1, -0.05) is 30.7 Å². The molecule has 0 amide bonds. The van der Waals surface area contributed by atoms with Crippen molar-refractivity contribution in [1.29, 1.82) is 0 Å². The average molecular weight is 269 g/mol. The van der Waals surface area contributed by atoms with E-state index in [0.29, 0.717) is 0 Å². The number of anilines is 1. The first-order valence-electron chi connectivity index (χ1n) is 7.22. The average Bonchev–Trinajstić information content (AvgIpc) is 2.47. The molecule has 0 aliphatic rings. The van der Waals surface area contributed by atoms with E-state index in [4.69, 9.17) is 4.74 Å². The van der Waals surface area contributed by atoms with Gasteiger partial charge in [0.2, 0.25) is 0 Å². The minimum atomic E-state index is 0.773. The number of nitrogens with one attached hydrogen (secondary N) is 1. The molecule has 106 valence electrons. The second-order valence-electron chi connectivity index (χ2n) is 5.16. The maximum atomic E-state index is 5.58. The molecule has 0 saturated heterocycles. The molecule has 1 N–H and O–H groups in total. The Bertz CT molecular complexity index is 546. The highest BCUT2D eigenvalue weighted by molar-refractivity contribution is 5.47. The number of benzene rings is 2. The quantitative estimate of drug-likeness (QED) is 0.820. The fourth-order valence-corrected chi connectivity index (χ4v) is 2.08. The summed E-state index contributed by atoms with van der Waals surface area (Å²) in [6.07, 6.45) is 1.03. The molecule has 2 heteroatoms. The van der Waals surface area contributed by atoms with Crippen LogP contribution in [0.5, 0.6) is 5.75 Å². The Balaban J connectivity index is 1.95. The van der Waals surface area contributed by atoms with Crippen LogP contribution in [0.3, 0.4) is 0 Å². The first-order valence-corrected chi connectivity index (χ1v) is 7.22. The molecular formula is C18H23NO. The Morgan fingerprint density at radius 2 is 1.75 bits per heavy atom. The number of hydrogen-bond donors (Lipinski definition) is 1. The van der Waals surface area contributed by atoms with Gasteiger partial charge in [0.05, 0.1) is 6.61 Å². The van der Waals surface area contributed by atoms with Gasteiger partial charge in [-0.2, -0.15) is 0 Å². The summed E-state index contributed by atoms with van der Waals surface area (Å²) < 4.78 is 5.58. The third-order valence-corrected chi connectivity index (χ3v) is 3.31. The van der Waals surface area contributed by atoms with Crippen LogP contribution in [0.25, 0.3) is 0 Å². The van der Waals surface area contributed by atoms with Gasteiger partial charge >= 0.3 is 0 Å². The van der Waals surface area contributed by atoms with E-state index in [1.807, 2.05) is 12.1 Å². The predicted octanol–water partition coefficient (Wildman–Crippen LogP) is 4.70. The number of aryl methyl sites for hydroxylation is 2. The molecule has 0 radical (unpaired) electrons. The lowest BCUT2D eigenvalue weighted by atomic mass is 10.1. The maximum Gasteiger partial charge on any atom is 0.119 e. The van der Waals surface area contributed by atoms with Crippen LogP contribution < -0.4 is 10.1 Å². The van der Waals surface area contributed by atoms with E-state index < -0.39 is 0 Å². The van der Waals surface area contributed by atoms with Crippen LogP contribution in [0.2, 0.25) is 0 Å². The van der Waals surface area contributed by atoms with Crippen molar-refractivity contribution >= 4 is 5.69 Å². The van der Waals surface area contributed by atoms with Gasteiger partial charge in [0.15, 0.2) is 0 Å². The fraction of sp³-hybridized carbons (Fsp3) is 0.333. The number of rotatable bonds is 6. The molecule has 2 rings (SSSR count). The molecule has 0 saturated carbocycles. The van der Waals surface area contributed by atoms with E-state index in [0.717, 1.165) is 31.0 Å². The molecule has 0 unspecified atom stereocenters. The van der Waals surface area contributed by atoms with Gasteiger partial charge in [-0.05, 0) is 55.7 Å². The van der Waals surface area contributed by atoms with Crippen LogP contribution in [-0.4, -0.2) is 6.61 Å². The molecule has 0 aromatic heterocycles. The summed E-state index contributed by atoms with van der Waals surface area (Å²) in [7, 11) is 0. The highest BCUT2D eigenvalue weighted by atomic mass is 16.5. The van der Waals surface area contributed by atoms with Crippen molar-refractivity contribution in [3.63, 3.8) is 0 Å². The van der Waals surface area contributed by atoms with E-state index in [9.17, 15) is 0 Å². The Labute approximate surface area is 121 Å². The van der Waals surface area contributed by atoms with Gasteiger partial charge in [-0.25, -0.2) is 0 Å². The SMILES string of the molecule is CCCOc1ccc(NCc2cc(C)ccc2C)cc1. The fourth-order valence-electron chi connectivity index (χ4n) is 2.08. The van der Waals surface area contributed by atoms with Gasteiger partial charge < -0.3 is 10.1 Å².